The van der Waals surface area contributed by atoms with Crippen molar-refractivity contribution in [3.05, 3.63) is 86.6 Å². The van der Waals surface area contributed by atoms with Crippen LogP contribution in [0.25, 0.3) is 17.4 Å². The van der Waals surface area contributed by atoms with Crippen molar-refractivity contribution in [3.63, 3.8) is 0 Å². The average Bonchev–Trinajstić information content (AvgIpc) is 3.25. The first-order valence-electron chi connectivity index (χ1n) is 9.44. The van der Waals surface area contributed by atoms with Gasteiger partial charge >= 0.3 is 5.97 Å². The van der Waals surface area contributed by atoms with Crippen LogP contribution in [0.1, 0.15) is 16.1 Å². The number of carbonyl (C=O) groups excluding carboxylic acids is 2. The number of halogens is 1. The smallest absolute Gasteiger partial charge is 0.335 e. The molecule has 0 atom stereocenters. The number of nitrogens with zero attached hydrogens (tertiary/aromatic N) is 2. The number of carboxylic acids is 1. The number of hydrogen-bond acceptors (Lipinski definition) is 7. The molecule has 10 nitrogen and oxygen atoms in total. The number of benzene rings is 2. The zero-order valence-electron chi connectivity index (χ0n) is 16.9. The highest BCUT2D eigenvalue weighted by molar-refractivity contribution is 7.80. The Morgan fingerprint density at radius 1 is 1.15 bits per heavy atom. The second-order valence-electron chi connectivity index (χ2n) is 6.93. The van der Waals surface area contributed by atoms with Gasteiger partial charge in [-0.25, -0.2) is 4.79 Å². The summed E-state index contributed by atoms with van der Waals surface area (Å²) >= 11 is 11.3. The summed E-state index contributed by atoms with van der Waals surface area (Å²) in [6.07, 6.45) is 1.20. The summed E-state index contributed by atoms with van der Waals surface area (Å²) in [5.41, 5.74) is 0.0649. The number of aromatic carboxylic acids is 1. The highest BCUT2D eigenvalue weighted by Gasteiger charge is 2.34. The molecular weight excluding hydrogens is 486 g/mol. The lowest BCUT2D eigenvalue weighted by molar-refractivity contribution is -0.384. The molecule has 1 aliphatic heterocycles. The number of nitro groups is 1. The molecule has 1 aromatic heterocycles. The van der Waals surface area contributed by atoms with Crippen LogP contribution in [0.15, 0.2) is 64.6 Å². The molecule has 1 fully saturated rings. The van der Waals surface area contributed by atoms with E-state index in [1.54, 1.807) is 0 Å². The Bertz CT molecular complexity index is 1410. The Labute approximate surface area is 201 Å². The van der Waals surface area contributed by atoms with Gasteiger partial charge in [0.15, 0.2) is 5.11 Å². The van der Waals surface area contributed by atoms with Crippen LogP contribution in [0.4, 0.5) is 11.4 Å². The van der Waals surface area contributed by atoms with Crippen molar-refractivity contribution < 1.29 is 28.8 Å². The number of carboxylic acid groups (broad SMARTS) is 1. The molecule has 2 heterocycles. The van der Waals surface area contributed by atoms with Gasteiger partial charge in [-0.1, -0.05) is 11.6 Å². The topological polar surface area (TPSA) is 143 Å². The molecular formula is C22H12ClN3O7S. The standard InChI is InChI=1S/C22H12ClN3O7S/c23-17-7-5-13(26(31)32)9-15(17)18-8-6-14(33-18)10-16-19(27)24-22(34)25(20(16)28)12-3-1-11(2-4-12)21(29)30/h1-10H,(H,29,30)(H,24,27,34)/b16-10+. The van der Waals surface area contributed by atoms with Crippen molar-refractivity contribution >= 4 is 64.2 Å². The predicted molar refractivity (Wildman–Crippen MR) is 125 cm³/mol. The lowest BCUT2D eigenvalue weighted by atomic mass is 10.1. The monoisotopic (exact) mass is 497 g/mol. The fourth-order valence-corrected chi connectivity index (χ4v) is 3.67. The highest BCUT2D eigenvalue weighted by Crippen LogP contribution is 2.33. The minimum Gasteiger partial charge on any atom is -0.478 e. The largest absolute Gasteiger partial charge is 0.478 e. The van der Waals surface area contributed by atoms with Crippen molar-refractivity contribution in [3.8, 4) is 11.3 Å². The van der Waals surface area contributed by atoms with Crippen molar-refractivity contribution in [1.29, 1.82) is 0 Å². The van der Waals surface area contributed by atoms with Crippen LogP contribution in [0.5, 0.6) is 0 Å². The molecule has 0 unspecified atom stereocenters. The molecule has 0 aliphatic carbocycles. The van der Waals surface area contributed by atoms with Crippen LogP contribution < -0.4 is 10.2 Å². The molecule has 2 amide bonds. The first-order valence-corrected chi connectivity index (χ1v) is 10.2. The molecule has 4 rings (SSSR count). The maximum absolute atomic E-state index is 13.1. The normalized spacial score (nSPS) is 14.9. The number of thiocarbonyl (C=S) groups is 1. The lowest BCUT2D eigenvalue weighted by Crippen LogP contribution is -2.54. The molecule has 3 aromatic rings. The van der Waals surface area contributed by atoms with Crippen LogP contribution in [-0.4, -0.2) is 32.9 Å². The quantitative estimate of drug-likeness (QED) is 0.177. The van der Waals surface area contributed by atoms with Crippen molar-refractivity contribution in [2.45, 2.75) is 0 Å². The van der Waals surface area contributed by atoms with Crippen molar-refractivity contribution in [1.82, 2.24) is 5.32 Å². The summed E-state index contributed by atoms with van der Waals surface area (Å²) in [4.78, 5) is 48.1. The zero-order valence-corrected chi connectivity index (χ0v) is 18.4. The summed E-state index contributed by atoms with van der Waals surface area (Å²) in [5, 5.41) is 22.6. The number of nitro benzene ring substituents is 1. The van der Waals surface area contributed by atoms with Crippen LogP contribution >= 0.6 is 23.8 Å². The Morgan fingerprint density at radius 3 is 2.50 bits per heavy atom. The molecule has 0 saturated carbocycles. The van der Waals surface area contributed by atoms with Gasteiger partial charge in [0, 0.05) is 17.7 Å². The Kier molecular flexibility index (Phi) is 5.97. The average molecular weight is 498 g/mol. The molecule has 0 bridgehead atoms. The van der Waals surface area contributed by atoms with Gasteiger partial charge in [0.25, 0.3) is 17.5 Å². The number of carbonyl (C=O) groups is 3. The molecule has 170 valence electrons. The van der Waals surface area contributed by atoms with Gasteiger partial charge in [0.1, 0.15) is 17.1 Å². The van der Waals surface area contributed by atoms with E-state index in [-0.39, 0.29) is 49.7 Å². The number of non-ortho nitro benzene ring substituents is 1. The van der Waals surface area contributed by atoms with Gasteiger partial charge in [-0.2, -0.15) is 0 Å². The zero-order chi connectivity index (χ0) is 24.6. The van der Waals surface area contributed by atoms with Crippen LogP contribution in [0.2, 0.25) is 5.02 Å². The highest BCUT2D eigenvalue weighted by atomic mass is 35.5. The number of furan rings is 1. The van der Waals surface area contributed by atoms with E-state index >= 15 is 0 Å². The van der Waals surface area contributed by atoms with E-state index in [9.17, 15) is 24.5 Å². The van der Waals surface area contributed by atoms with Gasteiger partial charge in [0.2, 0.25) is 0 Å². The first kappa shape index (κ1) is 22.8. The molecule has 2 aromatic carbocycles. The number of hydrogen-bond donors (Lipinski definition) is 2. The van der Waals surface area contributed by atoms with E-state index in [0.29, 0.717) is 0 Å². The Balaban J connectivity index is 1.67. The van der Waals surface area contributed by atoms with Crippen LogP contribution in [0, 0.1) is 10.1 Å². The van der Waals surface area contributed by atoms with Gasteiger partial charge in [-0.3, -0.25) is 29.9 Å². The molecule has 0 spiro atoms. The molecule has 1 saturated heterocycles. The minimum atomic E-state index is -1.13. The fourth-order valence-electron chi connectivity index (χ4n) is 3.18. The summed E-state index contributed by atoms with van der Waals surface area (Å²) in [7, 11) is 0. The maximum Gasteiger partial charge on any atom is 0.335 e. The Morgan fingerprint density at radius 2 is 1.85 bits per heavy atom. The SMILES string of the molecule is O=C1NC(=S)N(c2ccc(C(=O)O)cc2)C(=O)/C1=C/c1ccc(-c2cc([N+](=O)[O-])ccc2Cl)o1. The number of amides is 2. The second kappa shape index (κ2) is 8.89. The minimum absolute atomic E-state index is 0.0156. The van der Waals surface area contributed by atoms with E-state index in [1.165, 1.54) is 60.7 Å². The number of anilines is 1. The van der Waals surface area contributed by atoms with Crippen molar-refractivity contribution in [2.24, 2.45) is 0 Å². The Hall–Kier alpha value is -4.35. The number of nitrogens with one attached hydrogen (secondary N) is 1. The van der Waals surface area contributed by atoms with Crippen LogP contribution in [0.3, 0.4) is 0 Å². The summed E-state index contributed by atoms with van der Waals surface area (Å²) in [5.74, 6) is -2.32. The first-order chi connectivity index (χ1) is 16.2. The summed E-state index contributed by atoms with van der Waals surface area (Å²) in [6, 6.07) is 12.2. The predicted octanol–water partition coefficient (Wildman–Crippen LogP) is 4.04. The van der Waals surface area contributed by atoms with Gasteiger partial charge in [-0.05, 0) is 60.8 Å². The van der Waals surface area contributed by atoms with Crippen molar-refractivity contribution in [2.75, 3.05) is 4.90 Å². The number of rotatable bonds is 5. The van der Waals surface area contributed by atoms with Gasteiger partial charge in [0.05, 0.1) is 21.2 Å². The van der Waals surface area contributed by atoms with Crippen LogP contribution in [-0.2, 0) is 9.59 Å². The third-order valence-corrected chi connectivity index (χ3v) is 5.43. The van der Waals surface area contributed by atoms with E-state index in [1.807, 2.05) is 0 Å². The van der Waals surface area contributed by atoms with E-state index in [2.05, 4.69) is 5.32 Å². The van der Waals surface area contributed by atoms with E-state index < -0.39 is 22.7 Å². The van der Waals surface area contributed by atoms with Gasteiger partial charge in [-0.15, -0.1) is 0 Å². The third-order valence-electron chi connectivity index (χ3n) is 4.81. The third kappa shape index (κ3) is 4.29. The molecule has 0 radical (unpaired) electrons. The molecule has 12 heteroatoms. The van der Waals surface area contributed by atoms with E-state index in [0.717, 1.165) is 4.90 Å². The van der Waals surface area contributed by atoms with E-state index in [4.69, 9.17) is 33.3 Å². The maximum atomic E-state index is 13.1. The van der Waals surface area contributed by atoms with Gasteiger partial charge < -0.3 is 9.52 Å². The molecule has 1 aliphatic rings. The lowest BCUT2D eigenvalue weighted by Gasteiger charge is -2.28. The fraction of sp³-hybridized carbons (Fsp3) is 0. The summed E-state index contributed by atoms with van der Waals surface area (Å²) in [6.45, 7) is 0. The molecule has 2 N–H and O–H groups in total. The summed E-state index contributed by atoms with van der Waals surface area (Å²) < 4.78 is 5.66. The molecule has 34 heavy (non-hydrogen) atoms. The second-order valence-corrected chi connectivity index (χ2v) is 7.73.